The monoisotopic (exact) mass is 512 g/mol. The number of phenolic OH excluding ortho intramolecular Hbond substituents is 1. The van der Waals surface area contributed by atoms with E-state index >= 15 is 0 Å². The number of aryl methyl sites for hydroxylation is 1. The van der Waals surface area contributed by atoms with Crippen LogP contribution in [0, 0.1) is 24.7 Å². The molecule has 0 unspecified atom stereocenters. The summed E-state index contributed by atoms with van der Waals surface area (Å²) in [4.78, 5) is 17.5. The lowest BCUT2D eigenvalue weighted by atomic mass is 9.52. The largest absolute Gasteiger partial charge is 0.504 e. The summed E-state index contributed by atoms with van der Waals surface area (Å²) in [5, 5.41) is 23.6. The molecule has 6 nitrogen and oxygen atoms in total. The van der Waals surface area contributed by atoms with Crippen LogP contribution >= 0.6 is 0 Å². The summed E-state index contributed by atoms with van der Waals surface area (Å²) in [7, 11) is 1.82. The zero-order chi connectivity index (χ0) is 26.2. The number of aromatic hydroxyl groups is 1. The molecule has 198 valence electrons. The summed E-state index contributed by atoms with van der Waals surface area (Å²) in [6, 6.07) is 11.5. The summed E-state index contributed by atoms with van der Waals surface area (Å²) in [6.45, 7) is 3.99. The molecule has 1 spiro atoms. The molecule has 2 heterocycles. The van der Waals surface area contributed by atoms with Crippen LogP contribution in [-0.4, -0.2) is 69.8 Å². The van der Waals surface area contributed by atoms with E-state index in [4.69, 9.17) is 4.74 Å². The predicted molar refractivity (Wildman–Crippen MR) is 144 cm³/mol. The Labute approximate surface area is 224 Å². The molecular formula is C32H36N2O4. The molecule has 5 atom stereocenters. The number of phenols is 1. The molecule has 2 saturated carbocycles. The highest BCUT2D eigenvalue weighted by Gasteiger charge is 2.71. The maximum absolute atomic E-state index is 13.2. The maximum atomic E-state index is 13.2. The molecule has 2 aromatic carbocycles. The third-order valence-electron chi connectivity index (χ3n) is 10.2. The van der Waals surface area contributed by atoms with Gasteiger partial charge >= 0.3 is 0 Å². The minimum Gasteiger partial charge on any atom is -0.504 e. The van der Waals surface area contributed by atoms with Gasteiger partial charge in [-0.2, -0.15) is 0 Å². The highest BCUT2D eigenvalue weighted by molar-refractivity contribution is 5.94. The number of rotatable bonds is 3. The van der Waals surface area contributed by atoms with Crippen LogP contribution in [0.4, 0.5) is 0 Å². The molecule has 5 aliphatic rings. The molecule has 2 aliphatic heterocycles. The van der Waals surface area contributed by atoms with Crippen LogP contribution < -0.4 is 4.74 Å². The fourth-order valence-electron chi connectivity index (χ4n) is 8.07. The van der Waals surface area contributed by atoms with Gasteiger partial charge in [0.1, 0.15) is 6.10 Å². The molecule has 3 aliphatic carbocycles. The zero-order valence-electron chi connectivity index (χ0n) is 22.2. The minimum absolute atomic E-state index is 0.0202. The maximum Gasteiger partial charge on any atom is 0.298 e. The number of hydrogen-bond acceptors (Lipinski definition) is 5. The van der Waals surface area contributed by atoms with Crippen LogP contribution in [-0.2, 0) is 16.6 Å². The topological polar surface area (TPSA) is 73.2 Å². The third kappa shape index (κ3) is 3.45. The molecular weight excluding hydrogens is 476 g/mol. The second kappa shape index (κ2) is 8.49. The van der Waals surface area contributed by atoms with Gasteiger partial charge < -0.3 is 19.8 Å². The van der Waals surface area contributed by atoms with E-state index in [0.29, 0.717) is 25.0 Å². The summed E-state index contributed by atoms with van der Waals surface area (Å²) < 4.78 is 6.58. The average molecular weight is 513 g/mol. The molecule has 6 heteroatoms. The van der Waals surface area contributed by atoms with E-state index in [0.717, 1.165) is 48.5 Å². The summed E-state index contributed by atoms with van der Waals surface area (Å²) in [5.41, 5.74) is 2.63. The van der Waals surface area contributed by atoms with E-state index in [1.165, 1.54) is 18.4 Å². The van der Waals surface area contributed by atoms with Gasteiger partial charge in [-0.25, -0.2) is 0 Å². The number of amides is 1. The van der Waals surface area contributed by atoms with Crippen molar-refractivity contribution >= 4 is 5.91 Å². The van der Waals surface area contributed by atoms with Gasteiger partial charge in [0.15, 0.2) is 11.5 Å². The van der Waals surface area contributed by atoms with Gasteiger partial charge in [0.2, 0.25) is 0 Å². The van der Waals surface area contributed by atoms with Crippen LogP contribution in [0.1, 0.15) is 60.8 Å². The van der Waals surface area contributed by atoms with Crippen molar-refractivity contribution in [2.75, 3.05) is 20.1 Å². The molecule has 0 radical (unpaired) electrons. The summed E-state index contributed by atoms with van der Waals surface area (Å²) in [6.07, 6.45) is 5.75. The number of benzene rings is 2. The first-order valence-corrected chi connectivity index (χ1v) is 14.1. The molecule has 1 amide bonds. The number of carbonyl (C=O) groups is 1. The van der Waals surface area contributed by atoms with Crippen molar-refractivity contribution in [1.29, 1.82) is 0 Å². The van der Waals surface area contributed by atoms with E-state index in [1.54, 1.807) is 11.0 Å². The number of hydrogen-bond donors (Lipinski definition) is 2. The van der Waals surface area contributed by atoms with E-state index < -0.39 is 11.0 Å². The molecule has 3 fully saturated rings. The first-order valence-electron chi connectivity index (χ1n) is 14.1. The summed E-state index contributed by atoms with van der Waals surface area (Å²) in [5.74, 6) is 7.09. The van der Waals surface area contributed by atoms with Crippen molar-refractivity contribution in [3.63, 3.8) is 0 Å². The van der Waals surface area contributed by atoms with Gasteiger partial charge in [0, 0.05) is 49.1 Å². The van der Waals surface area contributed by atoms with Crippen molar-refractivity contribution in [2.24, 2.45) is 5.92 Å². The Morgan fingerprint density at radius 1 is 1.21 bits per heavy atom. The number of ether oxygens (including phenoxy) is 1. The van der Waals surface area contributed by atoms with Gasteiger partial charge in [0.25, 0.3) is 5.91 Å². The molecule has 7 rings (SSSR count). The molecule has 2 bridgehead atoms. The Bertz CT molecular complexity index is 1370. The Morgan fingerprint density at radius 3 is 2.84 bits per heavy atom. The van der Waals surface area contributed by atoms with E-state index in [9.17, 15) is 15.0 Å². The second-order valence-electron chi connectivity index (χ2n) is 12.3. The van der Waals surface area contributed by atoms with Gasteiger partial charge in [-0.05, 0) is 87.2 Å². The number of carbonyl (C=O) groups excluding carboxylic acids is 1. The van der Waals surface area contributed by atoms with Gasteiger partial charge in [-0.1, -0.05) is 24.1 Å². The molecule has 0 aromatic heterocycles. The predicted octanol–water partition coefficient (Wildman–Crippen LogP) is 3.53. The highest BCUT2D eigenvalue weighted by atomic mass is 16.5. The van der Waals surface area contributed by atoms with Crippen molar-refractivity contribution < 1.29 is 19.7 Å². The average Bonchev–Trinajstić information content (AvgIpc) is 3.67. The normalized spacial score (nSPS) is 32.9. The number of nitrogens with zero attached hydrogens (tertiary/aromatic N) is 2. The summed E-state index contributed by atoms with van der Waals surface area (Å²) >= 11 is 0. The second-order valence-corrected chi connectivity index (χ2v) is 12.3. The van der Waals surface area contributed by atoms with Gasteiger partial charge in [-0.3, -0.25) is 9.69 Å². The SMILES string of the molecule is Cc1cccc(C#CC(=O)N(C)[C@H]2CC[C@@]3(O)[C@@H]4Cc5ccc(O)c6c5[C@@]3(CCN4CC3CC3)[C@H](C2)O6)c1. The minimum atomic E-state index is -0.970. The quantitative estimate of drug-likeness (QED) is 0.616. The lowest BCUT2D eigenvalue weighted by Gasteiger charge is -2.60. The van der Waals surface area contributed by atoms with E-state index in [-0.39, 0.29) is 29.8 Å². The molecule has 38 heavy (non-hydrogen) atoms. The van der Waals surface area contributed by atoms with E-state index in [2.05, 4.69) is 16.7 Å². The molecule has 2 aromatic rings. The van der Waals surface area contributed by atoms with Crippen LogP contribution in [0.2, 0.25) is 0 Å². The Hall–Kier alpha value is -3.01. The van der Waals surface area contributed by atoms with Crippen LogP contribution in [0.25, 0.3) is 0 Å². The third-order valence-corrected chi connectivity index (χ3v) is 10.2. The fraction of sp³-hybridized carbons (Fsp3) is 0.531. The lowest BCUT2D eigenvalue weighted by molar-refractivity contribution is -0.165. The Morgan fingerprint density at radius 2 is 2.05 bits per heavy atom. The van der Waals surface area contributed by atoms with Crippen LogP contribution in [0.3, 0.4) is 0 Å². The van der Waals surface area contributed by atoms with E-state index in [1.807, 2.05) is 44.3 Å². The Kier molecular flexibility index (Phi) is 5.38. The van der Waals surface area contributed by atoms with Crippen LogP contribution in [0.5, 0.6) is 11.5 Å². The first kappa shape index (κ1) is 24.1. The lowest BCUT2D eigenvalue weighted by Crippen LogP contribution is -2.73. The smallest absolute Gasteiger partial charge is 0.298 e. The van der Waals surface area contributed by atoms with Crippen LogP contribution in [0.15, 0.2) is 36.4 Å². The number of likely N-dealkylation sites (tertiary alicyclic amines) is 1. The Balaban J connectivity index is 1.23. The standard InChI is InChI=1S/C32H36N2O4/c1-20-4-3-5-21(16-20)8-11-28(36)33(2)24-12-13-32(37)26-17-23-9-10-25(35)30-29(23)31(32,27(18-24)38-30)14-15-34(26)19-22-6-7-22/h3-5,9-10,16,22,24,26-27,35,37H,6-7,12-15,17-19H2,1-2H3/t24-,26-,27-,31+,32+/m0/s1. The first-order chi connectivity index (χ1) is 18.3. The van der Waals surface area contributed by atoms with Gasteiger partial charge in [0.05, 0.1) is 11.0 Å². The number of piperidine rings is 1. The molecule has 2 N–H and O–H groups in total. The van der Waals surface area contributed by atoms with Gasteiger partial charge in [-0.15, -0.1) is 0 Å². The molecule has 1 saturated heterocycles. The van der Waals surface area contributed by atoms with Crippen molar-refractivity contribution in [3.8, 4) is 23.3 Å². The fourth-order valence-corrected chi connectivity index (χ4v) is 8.07. The van der Waals surface area contributed by atoms with Crippen molar-refractivity contribution in [1.82, 2.24) is 9.80 Å². The number of aliphatic hydroxyl groups is 1. The van der Waals surface area contributed by atoms with Crippen molar-refractivity contribution in [2.45, 2.75) is 81.1 Å². The zero-order valence-corrected chi connectivity index (χ0v) is 22.2. The highest BCUT2D eigenvalue weighted by Crippen LogP contribution is 2.65. The van der Waals surface area contributed by atoms with Crippen molar-refractivity contribution in [3.05, 3.63) is 58.7 Å².